The number of hydrogen-bond donors (Lipinski definition) is 2. The molecule has 100 valence electrons. The second kappa shape index (κ2) is 6.35. The molecule has 0 aromatic heterocycles. The molecule has 2 heteroatoms. The van der Waals surface area contributed by atoms with Gasteiger partial charge in [-0.2, -0.15) is 0 Å². The molecule has 2 rings (SSSR count). The normalized spacial score (nSPS) is 22.1. The highest BCUT2D eigenvalue weighted by Gasteiger charge is 2.23. The van der Waals surface area contributed by atoms with Crippen LogP contribution in [0.1, 0.15) is 56.1 Å². The van der Waals surface area contributed by atoms with Crippen molar-refractivity contribution in [2.45, 2.75) is 51.0 Å². The molecular formula is C16H26N2. The third-order valence-electron chi connectivity index (χ3n) is 4.12. The first-order valence-electron chi connectivity index (χ1n) is 7.25. The monoisotopic (exact) mass is 246 g/mol. The van der Waals surface area contributed by atoms with Gasteiger partial charge in [0.2, 0.25) is 0 Å². The Morgan fingerprint density at radius 3 is 2.33 bits per heavy atom. The quantitative estimate of drug-likeness (QED) is 0.857. The van der Waals surface area contributed by atoms with Gasteiger partial charge in [0.1, 0.15) is 0 Å². The van der Waals surface area contributed by atoms with Crippen LogP contribution in [0.3, 0.4) is 0 Å². The zero-order chi connectivity index (χ0) is 13.0. The van der Waals surface area contributed by atoms with Crippen LogP contribution in [0.5, 0.6) is 0 Å². The van der Waals surface area contributed by atoms with Crippen molar-refractivity contribution in [1.29, 1.82) is 0 Å². The van der Waals surface area contributed by atoms with Crippen LogP contribution in [0, 0.1) is 0 Å². The van der Waals surface area contributed by atoms with Crippen molar-refractivity contribution in [1.82, 2.24) is 5.32 Å². The van der Waals surface area contributed by atoms with Crippen LogP contribution < -0.4 is 11.1 Å². The third kappa shape index (κ3) is 3.12. The summed E-state index contributed by atoms with van der Waals surface area (Å²) in [6.45, 7) is 6.35. The number of nitrogens with two attached hydrogens (primary N) is 1. The maximum absolute atomic E-state index is 5.99. The van der Waals surface area contributed by atoms with Crippen LogP contribution >= 0.6 is 0 Å². The largest absolute Gasteiger partial charge is 0.330 e. The standard InChI is InChI=1S/C16H26N2/c1-12(2)13-6-8-14(9-7-13)15(11-17)16-5-3-4-10-18-16/h6-9,12,15-16,18H,3-5,10-11,17H2,1-2H3. The first kappa shape index (κ1) is 13.6. The van der Waals surface area contributed by atoms with Gasteiger partial charge in [-0.25, -0.2) is 0 Å². The molecule has 18 heavy (non-hydrogen) atoms. The van der Waals surface area contributed by atoms with Crippen LogP contribution in [0.15, 0.2) is 24.3 Å². The lowest BCUT2D eigenvalue weighted by Crippen LogP contribution is -2.41. The van der Waals surface area contributed by atoms with E-state index in [4.69, 9.17) is 5.73 Å². The van der Waals surface area contributed by atoms with Gasteiger partial charge in [0, 0.05) is 18.5 Å². The molecule has 0 bridgehead atoms. The van der Waals surface area contributed by atoms with Gasteiger partial charge < -0.3 is 11.1 Å². The summed E-state index contributed by atoms with van der Waals surface area (Å²) in [5.41, 5.74) is 8.79. The predicted molar refractivity (Wildman–Crippen MR) is 78.0 cm³/mol. The fourth-order valence-corrected chi connectivity index (χ4v) is 2.88. The van der Waals surface area contributed by atoms with Crippen molar-refractivity contribution in [3.63, 3.8) is 0 Å². The minimum atomic E-state index is 0.464. The Hall–Kier alpha value is -0.860. The zero-order valence-electron chi connectivity index (χ0n) is 11.7. The second-order valence-corrected chi connectivity index (χ2v) is 5.72. The van der Waals surface area contributed by atoms with Crippen molar-refractivity contribution in [3.8, 4) is 0 Å². The summed E-state index contributed by atoms with van der Waals surface area (Å²) in [6.07, 6.45) is 3.89. The molecule has 1 saturated heterocycles. The van der Waals surface area contributed by atoms with Crippen molar-refractivity contribution >= 4 is 0 Å². The second-order valence-electron chi connectivity index (χ2n) is 5.72. The highest BCUT2D eigenvalue weighted by molar-refractivity contribution is 5.28. The fraction of sp³-hybridized carbons (Fsp3) is 0.625. The lowest BCUT2D eigenvalue weighted by atomic mass is 9.86. The molecular weight excluding hydrogens is 220 g/mol. The topological polar surface area (TPSA) is 38.0 Å². The van der Waals surface area contributed by atoms with E-state index < -0.39 is 0 Å². The Kier molecular flexibility index (Phi) is 4.79. The number of rotatable bonds is 4. The fourth-order valence-electron chi connectivity index (χ4n) is 2.88. The Bertz CT molecular complexity index is 350. The Morgan fingerprint density at radius 2 is 1.83 bits per heavy atom. The lowest BCUT2D eigenvalue weighted by Gasteiger charge is -2.31. The predicted octanol–water partition coefficient (Wildman–Crippen LogP) is 2.99. The molecule has 1 heterocycles. The van der Waals surface area contributed by atoms with E-state index in [0.717, 1.165) is 13.1 Å². The van der Waals surface area contributed by atoms with Crippen LogP contribution in [0.25, 0.3) is 0 Å². The van der Waals surface area contributed by atoms with E-state index in [1.807, 2.05) is 0 Å². The molecule has 2 atom stereocenters. The van der Waals surface area contributed by atoms with Gasteiger partial charge in [0.25, 0.3) is 0 Å². The van der Waals surface area contributed by atoms with E-state index in [2.05, 4.69) is 43.4 Å². The van der Waals surface area contributed by atoms with Crippen molar-refractivity contribution in [2.24, 2.45) is 5.73 Å². The number of benzene rings is 1. The molecule has 2 unspecified atom stereocenters. The van der Waals surface area contributed by atoms with E-state index in [1.165, 1.54) is 30.4 Å². The van der Waals surface area contributed by atoms with Crippen molar-refractivity contribution in [3.05, 3.63) is 35.4 Å². The number of hydrogen-bond acceptors (Lipinski definition) is 2. The summed E-state index contributed by atoms with van der Waals surface area (Å²) < 4.78 is 0. The average Bonchev–Trinajstić information content (AvgIpc) is 2.41. The maximum Gasteiger partial charge on any atom is 0.0148 e. The Morgan fingerprint density at radius 1 is 1.17 bits per heavy atom. The van der Waals surface area contributed by atoms with Crippen molar-refractivity contribution < 1.29 is 0 Å². The summed E-state index contributed by atoms with van der Waals surface area (Å²) in [5, 5.41) is 3.63. The van der Waals surface area contributed by atoms with Crippen LogP contribution in [-0.4, -0.2) is 19.1 Å². The number of piperidine rings is 1. The van der Waals surface area contributed by atoms with Crippen LogP contribution in [0.4, 0.5) is 0 Å². The van der Waals surface area contributed by atoms with Gasteiger partial charge in [-0.1, -0.05) is 44.5 Å². The first-order valence-corrected chi connectivity index (χ1v) is 7.25. The Balaban J connectivity index is 2.11. The average molecular weight is 246 g/mol. The smallest absolute Gasteiger partial charge is 0.0148 e. The molecule has 2 nitrogen and oxygen atoms in total. The van der Waals surface area contributed by atoms with Gasteiger partial charge in [-0.3, -0.25) is 0 Å². The van der Waals surface area contributed by atoms with Crippen LogP contribution in [0.2, 0.25) is 0 Å². The van der Waals surface area contributed by atoms with E-state index >= 15 is 0 Å². The first-order chi connectivity index (χ1) is 8.72. The van der Waals surface area contributed by atoms with Gasteiger partial charge in [0.15, 0.2) is 0 Å². The lowest BCUT2D eigenvalue weighted by molar-refractivity contribution is 0.352. The molecule has 0 radical (unpaired) electrons. The molecule has 1 aromatic rings. The summed E-state index contributed by atoms with van der Waals surface area (Å²) in [5.74, 6) is 1.06. The third-order valence-corrected chi connectivity index (χ3v) is 4.12. The van der Waals surface area contributed by atoms with Crippen molar-refractivity contribution in [2.75, 3.05) is 13.1 Å². The van der Waals surface area contributed by atoms with E-state index in [-0.39, 0.29) is 0 Å². The molecule has 1 aromatic carbocycles. The molecule has 3 N–H and O–H groups in total. The van der Waals surface area contributed by atoms with Gasteiger partial charge in [-0.15, -0.1) is 0 Å². The molecule has 0 saturated carbocycles. The molecule has 0 amide bonds. The highest BCUT2D eigenvalue weighted by Crippen LogP contribution is 2.26. The maximum atomic E-state index is 5.99. The van der Waals surface area contributed by atoms with E-state index in [1.54, 1.807) is 0 Å². The van der Waals surface area contributed by atoms with Crippen LogP contribution in [-0.2, 0) is 0 Å². The van der Waals surface area contributed by atoms with Gasteiger partial charge in [-0.05, 0) is 36.4 Å². The Labute approximate surface area is 111 Å². The molecule has 1 aliphatic heterocycles. The van der Waals surface area contributed by atoms with Gasteiger partial charge >= 0.3 is 0 Å². The van der Waals surface area contributed by atoms with E-state index in [9.17, 15) is 0 Å². The molecule has 0 aliphatic carbocycles. The summed E-state index contributed by atoms with van der Waals surface area (Å²) in [6, 6.07) is 9.61. The SMILES string of the molecule is CC(C)c1ccc(C(CN)C2CCCCN2)cc1. The summed E-state index contributed by atoms with van der Waals surface area (Å²) in [7, 11) is 0. The molecule has 1 aliphatic rings. The number of nitrogens with one attached hydrogen (secondary N) is 1. The zero-order valence-corrected chi connectivity index (χ0v) is 11.7. The van der Waals surface area contributed by atoms with Gasteiger partial charge in [0.05, 0.1) is 0 Å². The molecule has 0 spiro atoms. The van der Waals surface area contributed by atoms with E-state index in [0.29, 0.717) is 17.9 Å². The summed E-state index contributed by atoms with van der Waals surface area (Å²) >= 11 is 0. The molecule has 1 fully saturated rings. The minimum absolute atomic E-state index is 0.464. The minimum Gasteiger partial charge on any atom is -0.330 e. The summed E-state index contributed by atoms with van der Waals surface area (Å²) in [4.78, 5) is 0. The highest BCUT2D eigenvalue weighted by atomic mass is 14.9.